The van der Waals surface area contributed by atoms with E-state index in [1.165, 1.54) is 4.90 Å². The second kappa shape index (κ2) is 12.3. The molecule has 3 aromatic carbocycles. The third-order valence-electron chi connectivity index (χ3n) is 6.05. The molecule has 1 amide bonds. The number of hydrogen-bond donors (Lipinski definition) is 2. The number of ether oxygens (including phenoxy) is 2. The van der Waals surface area contributed by atoms with Crippen LogP contribution in [0.1, 0.15) is 50.6 Å². The van der Waals surface area contributed by atoms with Crippen LogP contribution in [0.5, 0.6) is 5.75 Å². The van der Waals surface area contributed by atoms with Crippen LogP contribution in [-0.2, 0) is 16.1 Å². The summed E-state index contributed by atoms with van der Waals surface area (Å²) in [7, 11) is 0. The van der Waals surface area contributed by atoms with Gasteiger partial charge < -0.3 is 19.8 Å². The summed E-state index contributed by atoms with van der Waals surface area (Å²) in [5.41, 5.74) is 3.85. The van der Waals surface area contributed by atoms with E-state index in [4.69, 9.17) is 19.7 Å². The standard InChI is InChI=1S/C31H33N5O4/c1-21-26(17-16-25-29(21)35-27(34-25)20-33-23-14-12-22(19-32)13-15-23)39-30(38)36(24-9-6-5-7-10-24)18-8-11-28(37)40-31(2,3)4/h5-7,9-10,12-17,33H,8,11,18,20H2,1-4H3,(H,34,35). The summed E-state index contributed by atoms with van der Waals surface area (Å²) in [5, 5.41) is 12.2. The number of nitrogens with zero attached hydrogens (tertiary/aromatic N) is 3. The number of aromatic amines is 1. The minimum absolute atomic E-state index is 0.186. The Balaban J connectivity index is 1.45. The molecular weight excluding hydrogens is 506 g/mol. The summed E-state index contributed by atoms with van der Waals surface area (Å²) in [6.45, 7) is 8.08. The van der Waals surface area contributed by atoms with Crippen LogP contribution in [0.2, 0.25) is 0 Å². The number of benzene rings is 3. The second-order valence-corrected chi connectivity index (χ2v) is 10.4. The molecule has 0 aliphatic carbocycles. The van der Waals surface area contributed by atoms with E-state index in [9.17, 15) is 9.59 Å². The minimum atomic E-state index is -0.558. The summed E-state index contributed by atoms with van der Waals surface area (Å²) in [4.78, 5) is 35.0. The maximum atomic E-state index is 13.3. The highest BCUT2D eigenvalue weighted by Crippen LogP contribution is 2.27. The molecular formula is C31H33N5O4. The second-order valence-electron chi connectivity index (χ2n) is 10.4. The van der Waals surface area contributed by atoms with Gasteiger partial charge in [-0.05, 0) is 82.6 Å². The van der Waals surface area contributed by atoms with Gasteiger partial charge in [-0.2, -0.15) is 5.26 Å². The fourth-order valence-electron chi connectivity index (χ4n) is 4.14. The molecule has 0 unspecified atom stereocenters. The van der Waals surface area contributed by atoms with E-state index >= 15 is 0 Å². The van der Waals surface area contributed by atoms with Crippen LogP contribution in [0.3, 0.4) is 0 Å². The SMILES string of the molecule is Cc1c(OC(=O)N(CCCC(=O)OC(C)(C)C)c2ccccc2)ccc2[nH]c(CNc3ccc(C#N)cc3)nc12. The number of H-pyrrole nitrogens is 1. The molecule has 0 saturated heterocycles. The molecule has 4 aromatic rings. The molecule has 9 heteroatoms. The first-order chi connectivity index (χ1) is 19.1. The first-order valence-electron chi connectivity index (χ1n) is 13.1. The van der Waals surface area contributed by atoms with Gasteiger partial charge in [-0.15, -0.1) is 0 Å². The van der Waals surface area contributed by atoms with Crippen molar-refractivity contribution in [2.45, 2.75) is 52.7 Å². The fourth-order valence-corrected chi connectivity index (χ4v) is 4.14. The number of carbonyl (C=O) groups excluding carboxylic acids is 2. The lowest BCUT2D eigenvalue weighted by molar-refractivity contribution is -0.154. The predicted molar refractivity (Wildman–Crippen MR) is 154 cm³/mol. The highest BCUT2D eigenvalue weighted by atomic mass is 16.6. The van der Waals surface area contributed by atoms with Gasteiger partial charge in [0, 0.05) is 29.9 Å². The van der Waals surface area contributed by atoms with Gasteiger partial charge in [0.1, 0.15) is 17.2 Å². The highest BCUT2D eigenvalue weighted by Gasteiger charge is 2.22. The van der Waals surface area contributed by atoms with Crippen LogP contribution in [0.15, 0.2) is 66.7 Å². The molecule has 0 aliphatic heterocycles. The van der Waals surface area contributed by atoms with Crippen molar-refractivity contribution in [3.8, 4) is 11.8 Å². The Bertz CT molecular complexity index is 1520. The Morgan fingerprint density at radius 1 is 1.05 bits per heavy atom. The van der Waals surface area contributed by atoms with Gasteiger partial charge >= 0.3 is 12.1 Å². The molecule has 0 fully saturated rings. The van der Waals surface area contributed by atoms with Gasteiger partial charge in [0.25, 0.3) is 0 Å². The molecule has 4 rings (SSSR count). The molecule has 206 valence electrons. The van der Waals surface area contributed by atoms with Crippen LogP contribution in [-0.4, -0.2) is 34.2 Å². The number of nitrogens with one attached hydrogen (secondary N) is 2. The van der Waals surface area contributed by atoms with E-state index in [0.717, 1.165) is 22.6 Å². The van der Waals surface area contributed by atoms with Crippen molar-refractivity contribution in [3.05, 3.63) is 83.7 Å². The molecule has 9 nitrogen and oxygen atoms in total. The summed E-state index contributed by atoms with van der Waals surface area (Å²) < 4.78 is 11.2. The number of imidazole rings is 1. The van der Waals surface area contributed by atoms with Gasteiger partial charge in [-0.25, -0.2) is 9.78 Å². The van der Waals surface area contributed by atoms with E-state index in [1.807, 2.05) is 76.2 Å². The van der Waals surface area contributed by atoms with Gasteiger partial charge in [0.05, 0.1) is 29.2 Å². The maximum Gasteiger partial charge on any atom is 0.419 e. The summed E-state index contributed by atoms with van der Waals surface area (Å²) in [6.07, 6.45) is 0.0631. The summed E-state index contributed by atoms with van der Waals surface area (Å²) >= 11 is 0. The van der Waals surface area contributed by atoms with Crippen molar-refractivity contribution in [2.24, 2.45) is 0 Å². The largest absolute Gasteiger partial charge is 0.460 e. The predicted octanol–water partition coefficient (Wildman–Crippen LogP) is 6.48. The number of esters is 1. The third-order valence-corrected chi connectivity index (χ3v) is 6.05. The molecule has 0 bridgehead atoms. The van der Waals surface area contributed by atoms with Crippen molar-refractivity contribution in [3.63, 3.8) is 0 Å². The zero-order chi connectivity index (χ0) is 28.7. The number of fused-ring (bicyclic) bond motifs is 1. The Kier molecular flexibility index (Phi) is 8.70. The van der Waals surface area contributed by atoms with E-state index in [2.05, 4.69) is 16.4 Å². The number of aromatic nitrogens is 2. The van der Waals surface area contributed by atoms with Crippen molar-refractivity contribution < 1.29 is 19.1 Å². The Labute approximate surface area is 233 Å². The van der Waals surface area contributed by atoms with Crippen LogP contribution >= 0.6 is 0 Å². The third kappa shape index (κ3) is 7.38. The molecule has 0 atom stereocenters. The average molecular weight is 540 g/mol. The van der Waals surface area contributed by atoms with Crippen LogP contribution < -0.4 is 15.0 Å². The molecule has 0 saturated carbocycles. The van der Waals surface area contributed by atoms with E-state index in [0.29, 0.717) is 35.5 Å². The van der Waals surface area contributed by atoms with E-state index in [-0.39, 0.29) is 18.9 Å². The van der Waals surface area contributed by atoms with Crippen molar-refractivity contribution in [2.75, 3.05) is 16.8 Å². The lowest BCUT2D eigenvalue weighted by Gasteiger charge is -2.23. The number of carbonyl (C=O) groups is 2. The van der Waals surface area contributed by atoms with Gasteiger partial charge in [0.2, 0.25) is 0 Å². The molecule has 0 radical (unpaired) electrons. The van der Waals surface area contributed by atoms with Gasteiger partial charge in [-0.1, -0.05) is 18.2 Å². The first kappa shape index (κ1) is 28.2. The maximum absolute atomic E-state index is 13.3. The summed E-state index contributed by atoms with van der Waals surface area (Å²) in [5.74, 6) is 0.820. The molecule has 1 heterocycles. The van der Waals surface area contributed by atoms with Gasteiger partial charge in [0.15, 0.2) is 0 Å². The van der Waals surface area contributed by atoms with Crippen molar-refractivity contribution in [1.29, 1.82) is 5.26 Å². The smallest absolute Gasteiger partial charge is 0.419 e. The Morgan fingerprint density at radius 2 is 1.77 bits per heavy atom. The van der Waals surface area contributed by atoms with E-state index < -0.39 is 11.7 Å². The number of anilines is 2. The summed E-state index contributed by atoms with van der Waals surface area (Å²) in [6, 6.07) is 22.1. The fraction of sp³-hybridized carbons (Fsp3) is 0.290. The number of rotatable bonds is 9. The average Bonchev–Trinajstić information content (AvgIpc) is 3.35. The molecule has 40 heavy (non-hydrogen) atoms. The number of aryl methyl sites for hydroxylation is 1. The molecule has 0 aliphatic rings. The Morgan fingerprint density at radius 3 is 2.45 bits per heavy atom. The normalized spacial score (nSPS) is 11.1. The Hall–Kier alpha value is -4.84. The van der Waals surface area contributed by atoms with E-state index in [1.54, 1.807) is 18.2 Å². The quantitative estimate of drug-likeness (QED) is 0.233. The topological polar surface area (TPSA) is 120 Å². The van der Waals surface area contributed by atoms with Crippen LogP contribution in [0.25, 0.3) is 11.0 Å². The molecule has 2 N–H and O–H groups in total. The van der Waals surface area contributed by atoms with Crippen LogP contribution in [0.4, 0.5) is 16.2 Å². The zero-order valence-corrected chi connectivity index (χ0v) is 23.2. The zero-order valence-electron chi connectivity index (χ0n) is 23.2. The number of nitriles is 1. The lowest BCUT2D eigenvalue weighted by atomic mass is 10.2. The number of amides is 1. The van der Waals surface area contributed by atoms with Crippen molar-refractivity contribution >= 4 is 34.5 Å². The van der Waals surface area contributed by atoms with Crippen molar-refractivity contribution in [1.82, 2.24) is 9.97 Å². The molecule has 1 aromatic heterocycles. The van der Waals surface area contributed by atoms with Gasteiger partial charge in [-0.3, -0.25) is 9.69 Å². The number of hydrogen-bond acceptors (Lipinski definition) is 7. The lowest BCUT2D eigenvalue weighted by Crippen LogP contribution is -2.35. The minimum Gasteiger partial charge on any atom is -0.460 e. The monoisotopic (exact) mass is 539 g/mol. The molecule has 0 spiro atoms. The van der Waals surface area contributed by atoms with Crippen LogP contribution in [0, 0.1) is 18.3 Å². The highest BCUT2D eigenvalue weighted by molar-refractivity contribution is 5.90. The number of para-hydroxylation sites is 1. The first-order valence-corrected chi connectivity index (χ1v) is 13.1.